The van der Waals surface area contributed by atoms with E-state index in [1.807, 2.05) is 91.0 Å². The second kappa shape index (κ2) is 20.0. The summed E-state index contributed by atoms with van der Waals surface area (Å²) in [6.07, 6.45) is 7.11. The molecule has 0 radical (unpaired) electrons. The molecule has 0 saturated carbocycles. The van der Waals surface area contributed by atoms with Crippen LogP contribution >= 0.6 is 12.4 Å². The minimum atomic E-state index is -0.232. The fourth-order valence-corrected chi connectivity index (χ4v) is 6.15. The van der Waals surface area contributed by atoms with E-state index in [0.29, 0.717) is 29.6 Å². The van der Waals surface area contributed by atoms with Crippen molar-refractivity contribution in [3.05, 3.63) is 102 Å². The molecule has 51 heavy (non-hydrogen) atoms. The van der Waals surface area contributed by atoms with E-state index in [1.54, 1.807) is 0 Å². The van der Waals surface area contributed by atoms with Gasteiger partial charge in [-0.2, -0.15) is 15.0 Å². The van der Waals surface area contributed by atoms with Crippen LogP contribution in [0.1, 0.15) is 60.2 Å². The van der Waals surface area contributed by atoms with Gasteiger partial charge in [0, 0.05) is 48.6 Å². The summed E-state index contributed by atoms with van der Waals surface area (Å²) in [5.74, 6) is 2.35. The molecule has 0 unspecified atom stereocenters. The number of rotatable bonds is 9. The van der Waals surface area contributed by atoms with Crippen LogP contribution in [0.15, 0.2) is 91.0 Å². The molecule has 2 fully saturated rings. The number of hydrogen-bond donors (Lipinski definition) is 6. The van der Waals surface area contributed by atoms with E-state index in [9.17, 15) is 4.79 Å². The number of piperidine rings is 2. The molecule has 2 saturated heterocycles. The van der Waals surface area contributed by atoms with Crippen LogP contribution in [0, 0.1) is 0 Å². The number of halogens is 1. The Kier molecular flexibility index (Phi) is 16.5. The Bertz CT molecular complexity index is 1790. The maximum atomic E-state index is 13.6. The van der Waals surface area contributed by atoms with Crippen LogP contribution in [0.25, 0.3) is 10.8 Å². The third-order valence-electron chi connectivity index (χ3n) is 8.64. The number of hydrogen-bond acceptors (Lipinski definition) is 12. The predicted octanol–water partition coefficient (Wildman–Crippen LogP) is 9.63. The quantitative estimate of drug-likeness (QED) is 0.0832. The largest absolute Gasteiger partial charge is 0.487 e. The number of aromatic nitrogens is 3. The van der Waals surface area contributed by atoms with Gasteiger partial charge in [-0.3, -0.25) is 4.79 Å². The summed E-state index contributed by atoms with van der Waals surface area (Å²) in [6.45, 7) is 4.23. The first-order chi connectivity index (χ1) is 22.7. The molecule has 7 rings (SSSR count). The number of nitrogens with zero attached hydrogens (tertiary/aromatic N) is 5. The lowest BCUT2D eigenvalue weighted by atomic mass is 10.0. The van der Waals surface area contributed by atoms with Crippen molar-refractivity contribution in [1.29, 1.82) is 0 Å². The highest BCUT2D eigenvalue weighted by Gasteiger charge is 2.21. The predicted molar refractivity (Wildman–Crippen MR) is 220 cm³/mol. The second-order valence-corrected chi connectivity index (χ2v) is 11.9. The number of nitrogens with one attached hydrogen (secondary N) is 2. The first-order valence-corrected chi connectivity index (χ1v) is 16.3. The summed E-state index contributed by atoms with van der Waals surface area (Å²) in [5, 5.41) is 8.36. The third kappa shape index (κ3) is 10.2. The Morgan fingerprint density at radius 1 is 0.647 bits per heavy atom. The maximum absolute atomic E-state index is 13.6. The molecule has 14 heteroatoms. The van der Waals surface area contributed by atoms with Gasteiger partial charge in [0.15, 0.2) is 0 Å². The minimum Gasteiger partial charge on any atom is -0.487 e. The molecule has 13 nitrogen and oxygen atoms in total. The van der Waals surface area contributed by atoms with Crippen LogP contribution in [0.2, 0.25) is 0 Å². The molecular weight excluding hydrogens is 666 g/mol. The van der Waals surface area contributed by atoms with Gasteiger partial charge in [-0.15, -0.1) is 12.4 Å². The van der Waals surface area contributed by atoms with Crippen molar-refractivity contribution in [3.8, 4) is 5.75 Å². The van der Waals surface area contributed by atoms with Gasteiger partial charge in [0.1, 0.15) is 12.4 Å². The molecule has 0 bridgehead atoms. The first-order valence-electron chi connectivity index (χ1n) is 16.3. The average Bonchev–Trinajstić information content (AvgIpc) is 3.12. The van der Waals surface area contributed by atoms with Crippen LogP contribution in [-0.4, -0.2) is 47.0 Å². The molecule has 5 aromatic rings. The van der Waals surface area contributed by atoms with Crippen molar-refractivity contribution in [2.75, 3.05) is 46.6 Å². The van der Waals surface area contributed by atoms with E-state index in [2.05, 4.69) is 20.4 Å². The molecule has 3 heterocycles. The summed E-state index contributed by atoms with van der Waals surface area (Å²) in [4.78, 5) is 32.7. The zero-order chi connectivity index (χ0) is 31.1. The molecule has 1 amide bonds. The van der Waals surface area contributed by atoms with Gasteiger partial charge in [-0.25, -0.2) is 0 Å². The van der Waals surface area contributed by atoms with E-state index in [-0.39, 0.29) is 48.6 Å². The molecule has 0 atom stereocenters. The highest BCUT2D eigenvalue weighted by molar-refractivity contribution is 6.10. The number of carbonyl (C=O) groups excluding carboxylic acids is 1. The molecule has 282 valence electrons. The zero-order valence-corrected chi connectivity index (χ0v) is 30.0. The van der Waals surface area contributed by atoms with Gasteiger partial charge in [0.2, 0.25) is 17.8 Å². The van der Waals surface area contributed by atoms with Crippen molar-refractivity contribution in [2.45, 2.75) is 45.1 Å². The fraction of sp³-hybridized carbons (Fsp3) is 0.297. The topological polar surface area (TPSA) is 236 Å². The highest BCUT2D eigenvalue weighted by Crippen LogP contribution is 2.32. The van der Waals surface area contributed by atoms with Crippen molar-refractivity contribution < 1.29 is 15.2 Å². The molecule has 4 aromatic carbocycles. The number of anilines is 5. The van der Waals surface area contributed by atoms with Crippen molar-refractivity contribution in [2.24, 2.45) is 0 Å². The van der Waals surface area contributed by atoms with Crippen LogP contribution in [0.4, 0.5) is 29.2 Å². The lowest BCUT2D eigenvalue weighted by Crippen LogP contribution is -2.34. The Morgan fingerprint density at radius 2 is 1.20 bits per heavy atom. The van der Waals surface area contributed by atoms with Gasteiger partial charge in [0.05, 0.1) is 5.56 Å². The van der Waals surface area contributed by atoms with Crippen molar-refractivity contribution in [3.63, 3.8) is 0 Å². The molecule has 1 aromatic heterocycles. The summed E-state index contributed by atoms with van der Waals surface area (Å²) in [7, 11) is 0. The van der Waals surface area contributed by atoms with Crippen LogP contribution < -0.4 is 49.8 Å². The maximum Gasteiger partial charge on any atom is 0.259 e. The standard InChI is InChI=1S/C37H39N7O2.ClH.4H3N.4H2/c45-34(32-21-16-28-14-6-7-15-31(28)33(32)46-26-27-12-4-1-5-13-27)38-29-17-19-30(20-18-29)39-35-40-36(43-22-8-2-9-23-43)42-37(41-35)44-24-10-3-11-25-44;;;;;;;;;/h1,4-7,12-21H,2-3,8-11,22-26H2,(H,38,45)(H,39,40,41,42);1H;4*1H3;4*1H. The van der Waals surface area contributed by atoms with Crippen LogP contribution in [-0.2, 0) is 6.61 Å². The number of amides is 1. The van der Waals surface area contributed by atoms with E-state index in [1.165, 1.54) is 12.8 Å². The number of benzene rings is 4. The van der Waals surface area contributed by atoms with Gasteiger partial charge in [-0.1, -0.05) is 60.7 Å². The summed E-state index contributed by atoms with van der Waals surface area (Å²) in [6, 6.07) is 29.3. The summed E-state index contributed by atoms with van der Waals surface area (Å²) < 4.78 is 6.29. The van der Waals surface area contributed by atoms with Gasteiger partial charge in [-0.05, 0) is 79.8 Å². The summed E-state index contributed by atoms with van der Waals surface area (Å²) >= 11 is 0. The SMILES string of the molecule is Cl.N.N.N.N.O=C(Nc1ccc(Nc2nc(N3CCCCC3)nc(N3CCCCC3)n2)cc1)c1ccc2ccccc2c1OCc1ccccc1.[HH].[HH].[HH].[HH]. The molecular formula is C37H60ClN11O2. The van der Waals surface area contributed by atoms with E-state index in [4.69, 9.17) is 19.7 Å². The van der Waals surface area contributed by atoms with E-state index >= 15 is 0 Å². The van der Waals surface area contributed by atoms with Crippen molar-refractivity contribution in [1.82, 2.24) is 39.6 Å². The zero-order valence-electron chi connectivity index (χ0n) is 29.2. The molecule has 0 spiro atoms. The van der Waals surface area contributed by atoms with Gasteiger partial charge in [0.25, 0.3) is 5.91 Å². The number of carbonyl (C=O) groups is 1. The van der Waals surface area contributed by atoms with E-state index < -0.39 is 0 Å². The third-order valence-corrected chi connectivity index (χ3v) is 8.64. The lowest BCUT2D eigenvalue weighted by Gasteiger charge is -2.30. The van der Waals surface area contributed by atoms with Gasteiger partial charge >= 0.3 is 0 Å². The summed E-state index contributed by atoms with van der Waals surface area (Å²) in [5.41, 5.74) is 3.03. The van der Waals surface area contributed by atoms with Crippen LogP contribution in [0.3, 0.4) is 0 Å². The monoisotopic (exact) mass is 725 g/mol. The van der Waals surface area contributed by atoms with Crippen LogP contribution in [0.5, 0.6) is 5.75 Å². The smallest absolute Gasteiger partial charge is 0.259 e. The first kappa shape index (κ1) is 42.1. The molecule has 2 aliphatic heterocycles. The normalized spacial score (nSPS) is 13.6. The Hall–Kier alpha value is -5.05. The molecule has 0 aliphatic carbocycles. The molecule has 2 aliphatic rings. The van der Waals surface area contributed by atoms with Gasteiger partial charge < -0.3 is 49.8 Å². The lowest BCUT2D eigenvalue weighted by molar-refractivity contribution is 0.102. The second-order valence-electron chi connectivity index (χ2n) is 11.9. The Morgan fingerprint density at radius 3 is 1.80 bits per heavy atom. The molecule has 14 N–H and O–H groups in total. The fourth-order valence-electron chi connectivity index (χ4n) is 6.15. The Balaban J connectivity index is -0.00000300. The number of ether oxygens (including phenoxy) is 1. The Labute approximate surface area is 312 Å². The van der Waals surface area contributed by atoms with Crippen molar-refractivity contribution >= 4 is 58.3 Å². The minimum absolute atomic E-state index is 0. The van der Waals surface area contributed by atoms with E-state index in [0.717, 1.165) is 85.8 Å². The average molecular weight is 726 g/mol. The number of fused-ring (bicyclic) bond motifs is 1. The highest BCUT2D eigenvalue weighted by atomic mass is 35.5.